The van der Waals surface area contributed by atoms with Crippen LogP contribution in [-0.4, -0.2) is 52.7 Å². The molecular formula is C22H37FN4O2. The predicted octanol–water partition coefficient (Wildman–Crippen LogP) is 4.81. The number of rotatable bonds is 2. The topological polar surface area (TPSA) is 58.6 Å². The van der Waals surface area contributed by atoms with Crippen LogP contribution in [0, 0.1) is 24.6 Å². The molecule has 0 aromatic carbocycles. The van der Waals surface area contributed by atoms with Crippen LogP contribution >= 0.6 is 0 Å². The van der Waals surface area contributed by atoms with Crippen molar-refractivity contribution in [3.63, 3.8) is 0 Å². The Morgan fingerprint density at radius 2 is 1.59 bits per heavy atom. The zero-order valence-electron chi connectivity index (χ0n) is 18.9. The van der Waals surface area contributed by atoms with Crippen LogP contribution in [0.5, 0.6) is 0 Å². The summed E-state index contributed by atoms with van der Waals surface area (Å²) < 4.78 is 19.5. The predicted molar refractivity (Wildman–Crippen MR) is 114 cm³/mol. The van der Waals surface area contributed by atoms with E-state index in [1.54, 1.807) is 6.92 Å². The Hall–Kier alpha value is -1.92. The van der Waals surface area contributed by atoms with Gasteiger partial charge in [0.1, 0.15) is 11.4 Å². The van der Waals surface area contributed by atoms with Crippen LogP contribution < -0.4 is 4.90 Å². The number of carbonyl (C=O) groups excluding carboxylic acids is 1. The van der Waals surface area contributed by atoms with Crippen molar-refractivity contribution < 1.29 is 13.9 Å². The van der Waals surface area contributed by atoms with E-state index >= 15 is 0 Å². The summed E-state index contributed by atoms with van der Waals surface area (Å²) in [4.78, 5) is 24.3. The molecule has 3 rings (SSSR count). The molecule has 0 unspecified atom stereocenters. The van der Waals surface area contributed by atoms with Gasteiger partial charge in [-0.3, -0.25) is 0 Å². The molecule has 0 spiro atoms. The molecule has 0 N–H and O–H groups in total. The van der Waals surface area contributed by atoms with E-state index in [4.69, 9.17) is 4.74 Å². The molecule has 1 aromatic heterocycles. The highest BCUT2D eigenvalue weighted by atomic mass is 19.1. The number of hydrogen-bond acceptors (Lipinski definition) is 5. The van der Waals surface area contributed by atoms with E-state index in [-0.39, 0.29) is 11.9 Å². The SMILES string of the molecule is CC.Cc1ncc(F)c(N2CCC(C3CCN(C(=O)OC(C)(C)C)CC3)CC2)n1. The lowest BCUT2D eigenvalue weighted by Crippen LogP contribution is -2.44. The Kier molecular flexibility index (Phi) is 8.23. The van der Waals surface area contributed by atoms with Crippen molar-refractivity contribution in [2.75, 3.05) is 31.1 Å². The fraction of sp³-hybridized carbons (Fsp3) is 0.773. The number of ether oxygens (including phenoxy) is 1. The lowest BCUT2D eigenvalue weighted by molar-refractivity contribution is 0.0152. The number of likely N-dealkylation sites (tertiary alicyclic amines) is 1. The number of nitrogens with zero attached hydrogens (tertiary/aromatic N) is 4. The van der Waals surface area contributed by atoms with Crippen molar-refractivity contribution in [1.29, 1.82) is 0 Å². The van der Waals surface area contributed by atoms with Gasteiger partial charge in [0.2, 0.25) is 0 Å². The summed E-state index contributed by atoms with van der Waals surface area (Å²) in [6.07, 6.45) is 5.18. The number of carbonyl (C=O) groups is 1. The largest absolute Gasteiger partial charge is 0.444 e. The third kappa shape index (κ3) is 6.54. The minimum absolute atomic E-state index is 0.203. The maximum Gasteiger partial charge on any atom is 0.410 e. The fourth-order valence-corrected chi connectivity index (χ4v) is 4.13. The van der Waals surface area contributed by atoms with Gasteiger partial charge in [0.15, 0.2) is 11.6 Å². The molecule has 0 radical (unpaired) electrons. The van der Waals surface area contributed by atoms with E-state index in [9.17, 15) is 9.18 Å². The number of halogens is 1. The molecule has 164 valence electrons. The van der Waals surface area contributed by atoms with Gasteiger partial charge in [-0.1, -0.05) is 13.8 Å². The molecule has 0 saturated carbocycles. The summed E-state index contributed by atoms with van der Waals surface area (Å²) in [5.41, 5.74) is -0.449. The number of anilines is 1. The minimum Gasteiger partial charge on any atom is -0.444 e. The highest BCUT2D eigenvalue weighted by molar-refractivity contribution is 5.68. The van der Waals surface area contributed by atoms with Crippen LogP contribution in [0.4, 0.5) is 15.0 Å². The Morgan fingerprint density at radius 3 is 2.10 bits per heavy atom. The third-order valence-electron chi connectivity index (χ3n) is 5.54. The third-order valence-corrected chi connectivity index (χ3v) is 5.54. The summed E-state index contributed by atoms with van der Waals surface area (Å²) in [5.74, 6) is 1.95. The minimum atomic E-state index is -0.449. The number of aryl methyl sites for hydroxylation is 1. The molecule has 0 bridgehead atoms. The van der Waals surface area contributed by atoms with Crippen molar-refractivity contribution >= 4 is 11.9 Å². The van der Waals surface area contributed by atoms with Gasteiger partial charge in [0.25, 0.3) is 0 Å². The maximum absolute atomic E-state index is 14.0. The molecule has 2 fully saturated rings. The molecule has 2 saturated heterocycles. The molecule has 2 aliphatic heterocycles. The smallest absolute Gasteiger partial charge is 0.410 e. The lowest BCUT2D eigenvalue weighted by atomic mass is 9.79. The van der Waals surface area contributed by atoms with Gasteiger partial charge in [0.05, 0.1) is 6.20 Å². The zero-order valence-corrected chi connectivity index (χ0v) is 18.9. The Labute approximate surface area is 174 Å². The average molecular weight is 409 g/mol. The van der Waals surface area contributed by atoms with Crippen LogP contribution in [0.25, 0.3) is 0 Å². The monoisotopic (exact) mass is 408 g/mol. The van der Waals surface area contributed by atoms with E-state index < -0.39 is 5.60 Å². The number of amides is 1. The highest BCUT2D eigenvalue weighted by Gasteiger charge is 2.33. The number of piperidine rings is 2. The fourth-order valence-electron chi connectivity index (χ4n) is 4.13. The van der Waals surface area contributed by atoms with Crippen molar-refractivity contribution in [2.45, 2.75) is 72.8 Å². The summed E-state index contributed by atoms with van der Waals surface area (Å²) in [7, 11) is 0. The molecule has 0 atom stereocenters. The Bertz CT molecular complexity index is 661. The van der Waals surface area contributed by atoms with Gasteiger partial charge < -0.3 is 14.5 Å². The van der Waals surface area contributed by atoms with E-state index in [1.807, 2.05) is 44.4 Å². The molecule has 2 aliphatic rings. The molecule has 1 aromatic rings. The van der Waals surface area contributed by atoms with Crippen molar-refractivity contribution in [1.82, 2.24) is 14.9 Å². The number of aromatic nitrogens is 2. The first kappa shape index (κ1) is 23.4. The Morgan fingerprint density at radius 1 is 1.07 bits per heavy atom. The second kappa shape index (κ2) is 10.2. The summed E-state index contributed by atoms with van der Waals surface area (Å²) in [6, 6.07) is 0. The van der Waals surface area contributed by atoms with Crippen LogP contribution in [0.3, 0.4) is 0 Å². The van der Waals surface area contributed by atoms with Crippen molar-refractivity contribution in [3.8, 4) is 0 Å². The summed E-state index contributed by atoms with van der Waals surface area (Å²) in [5, 5.41) is 0. The van der Waals surface area contributed by atoms with Crippen LogP contribution in [-0.2, 0) is 4.74 Å². The first-order chi connectivity index (χ1) is 13.7. The standard InChI is InChI=1S/C20H31FN4O2.C2H6/c1-14-22-13-17(21)18(23-14)24-9-5-15(6-10-24)16-7-11-25(12-8-16)19(26)27-20(2,3)4;1-2/h13,15-16H,5-12H2,1-4H3;1-2H3. The van der Waals surface area contributed by atoms with E-state index in [1.165, 1.54) is 6.20 Å². The number of hydrogen-bond donors (Lipinski definition) is 0. The van der Waals surface area contributed by atoms with Crippen LogP contribution in [0.1, 0.15) is 66.1 Å². The lowest BCUT2D eigenvalue weighted by Gasteiger charge is -2.40. The van der Waals surface area contributed by atoms with Gasteiger partial charge >= 0.3 is 6.09 Å². The van der Waals surface area contributed by atoms with Gasteiger partial charge in [-0.05, 0) is 65.2 Å². The molecule has 1 amide bonds. The molecule has 6 nitrogen and oxygen atoms in total. The summed E-state index contributed by atoms with van der Waals surface area (Å²) >= 11 is 0. The average Bonchev–Trinajstić information content (AvgIpc) is 2.70. The van der Waals surface area contributed by atoms with Gasteiger partial charge in [-0.25, -0.2) is 19.2 Å². The van der Waals surface area contributed by atoms with Gasteiger partial charge in [-0.2, -0.15) is 0 Å². The van der Waals surface area contributed by atoms with Crippen LogP contribution in [0.2, 0.25) is 0 Å². The molecular weight excluding hydrogens is 371 g/mol. The normalized spacial score (nSPS) is 18.9. The zero-order chi connectivity index (χ0) is 21.6. The summed E-state index contributed by atoms with van der Waals surface area (Å²) in [6.45, 7) is 14.6. The molecule has 7 heteroatoms. The second-order valence-corrected chi connectivity index (χ2v) is 8.72. The van der Waals surface area contributed by atoms with Gasteiger partial charge in [-0.15, -0.1) is 0 Å². The van der Waals surface area contributed by atoms with Gasteiger partial charge in [0, 0.05) is 26.2 Å². The first-order valence-electron chi connectivity index (χ1n) is 10.9. The quantitative estimate of drug-likeness (QED) is 0.703. The molecule has 3 heterocycles. The maximum atomic E-state index is 14.0. The van der Waals surface area contributed by atoms with Crippen molar-refractivity contribution in [3.05, 3.63) is 17.8 Å². The second-order valence-electron chi connectivity index (χ2n) is 8.72. The first-order valence-corrected chi connectivity index (χ1v) is 10.9. The van der Waals surface area contributed by atoms with E-state index in [0.717, 1.165) is 51.9 Å². The molecule has 29 heavy (non-hydrogen) atoms. The van der Waals surface area contributed by atoms with E-state index in [0.29, 0.717) is 23.5 Å². The highest BCUT2D eigenvalue weighted by Crippen LogP contribution is 2.34. The van der Waals surface area contributed by atoms with Crippen LogP contribution in [0.15, 0.2) is 6.20 Å². The van der Waals surface area contributed by atoms with Crippen molar-refractivity contribution in [2.24, 2.45) is 11.8 Å². The Balaban J connectivity index is 0.00000145. The molecule has 0 aliphatic carbocycles. The van der Waals surface area contributed by atoms with E-state index in [2.05, 4.69) is 9.97 Å².